The fraction of sp³-hybridized carbons (Fsp3) is 0.552. The lowest BCUT2D eigenvalue weighted by atomic mass is 9.81. The van der Waals surface area contributed by atoms with Crippen LogP contribution >= 0.6 is 0 Å². The van der Waals surface area contributed by atoms with Crippen LogP contribution < -0.4 is 9.47 Å². The highest BCUT2D eigenvalue weighted by atomic mass is 16.9. The van der Waals surface area contributed by atoms with Crippen molar-refractivity contribution in [2.24, 2.45) is 0 Å². The molecule has 188 valence electrons. The minimum atomic E-state index is -0.586. The lowest BCUT2D eigenvalue weighted by Crippen LogP contribution is -2.39. The summed E-state index contributed by atoms with van der Waals surface area (Å²) in [6.45, 7) is 1.84. The number of rotatable bonds is 7. The Morgan fingerprint density at radius 1 is 0.886 bits per heavy atom. The summed E-state index contributed by atoms with van der Waals surface area (Å²) in [6.07, 6.45) is 9.24. The third kappa shape index (κ3) is 5.43. The number of hydrogen-bond donors (Lipinski definition) is 0. The molecule has 4 atom stereocenters. The highest BCUT2D eigenvalue weighted by Crippen LogP contribution is 2.40. The van der Waals surface area contributed by atoms with Gasteiger partial charge >= 0.3 is 0 Å². The summed E-state index contributed by atoms with van der Waals surface area (Å²) in [4.78, 5) is 6.34. The Kier molecular flexibility index (Phi) is 7.47. The van der Waals surface area contributed by atoms with Crippen LogP contribution in [-0.4, -0.2) is 36.2 Å². The fourth-order valence-corrected chi connectivity index (χ4v) is 5.91. The quantitative estimate of drug-likeness (QED) is 0.426. The number of methoxy groups -OCH3 is 1. The predicted molar refractivity (Wildman–Crippen MR) is 135 cm³/mol. The first-order valence-corrected chi connectivity index (χ1v) is 13.1. The van der Waals surface area contributed by atoms with Crippen molar-refractivity contribution in [3.8, 4) is 11.5 Å². The van der Waals surface area contributed by atoms with Gasteiger partial charge in [0.1, 0.15) is 0 Å². The molecule has 6 heteroatoms. The Balaban J connectivity index is 1.34. The Bertz CT molecular complexity index is 1020. The lowest BCUT2D eigenvalue weighted by Gasteiger charge is -2.37. The number of benzene rings is 2. The van der Waals surface area contributed by atoms with Crippen LogP contribution in [0.15, 0.2) is 48.5 Å². The van der Waals surface area contributed by atoms with Crippen molar-refractivity contribution in [2.45, 2.75) is 95.0 Å². The monoisotopic (exact) mass is 479 g/mol. The summed E-state index contributed by atoms with van der Waals surface area (Å²) in [5, 5.41) is 12.8. The van der Waals surface area contributed by atoms with Gasteiger partial charge in [-0.2, -0.15) is 0 Å². The van der Waals surface area contributed by atoms with Crippen LogP contribution in [0.25, 0.3) is 0 Å². The molecule has 2 aromatic carbocycles. The first-order valence-electron chi connectivity index (χ1n) is 13.1. The zero-order chi connectivity index (χ0) is 24.2. The van der Waals surface area contributed by atoms with Gasteiger partial charge in [0.2, 0.25) is 5.71 Å². The molecule has 0 unspecified atom stereocenters. The zero-order valence-electron chi connectivity index (χ0n) is 20.9. The second-order valence-corrected chi connectivity index (χ2v) is 10.1. The average Bonchev–Trinajstić information content (AvgIpc) is 3.40. The second kappa shape index (κ2) is 10.9. The highest BCUT2D eigenvalue weighted by Gasteiger charge is 2.36. The predicted octanol–water partition coefficient (Wildman–Crippen LogP) is 6.48. The van der Waals surface area contributed by atoms with Gasteiger partial charge in [0.05, 0.1) is 25.2 Å². The van der Waals surface area contributed by atoms with E-state index in [0.717, 1.165) is 49.2 Å². The number of hydrogen-bond acceptors (Lipinski definition) is 5. The molecule has 35 heavy (non-hydrogen) atoms. The minimum Gasteiger partial charge on any atom is -0.493 e. The third-order valence-corrected chi connectivity index (χ3v) is 7.88. The van der Waals surface area contributed by atoms with E-state index in [1.54, 1.807) is 7.11 Å². The van der Waals surface area contributed by atoms with E-state index in [-0.39, 0.29) is 18.1 Å². The summed E-state index contributed by atoms with van der Waals surface area (Å²) in [5.74, 6) is 1.70. The molecule has 0 N–H and O–H groups in total. The molecule has 2 aliphatic carbocycles. The largest absolute Gasteiger partial charge is 0.493 e. The van der Waals surface area contributed by atoms with Crippen LogP contribution in [0.4, 0.5) is 0 Å². The third-order valence-electron chi connectivity index (χ3n) is 7.88. The van der Waals surface area contributed by atoms with E-state index in [1.807, 2.05) is 31.2 Å². The summed E-state index contributed by atoms with van der Waals surface area (Å²) in [6, 6.07) is 16.6. The minimum absolute atomic E-state index is 0.0423. The lowest BCUT2D eigenvalue weighted by molar-refractivity contribution is -0.773. The van der Waals surface area contributed by atoms with Crippen molar-refractivity contribution < 1.29 is 24.0 Å². The Hall–Kier alpha value is -2.73. The topological polar surface area (TPSA) is 63.0 Å². The SMILES string of the molecule is COc1ccc([C@H]2C[C@H](O[C@@H]3CCCC[C@H]3c3ccccc3)O[N+]([O-])=C2C)cc1OC1CCCC1. The van der Waals surface area contributed by atoms with Gasteiger partial charge in [-0.05, 0) is 61.8 Å². The maximum atomic E-state index is 12.8. The molecule has 1 heterocycles. The van der Waals surface area contributed by atoms with Crippen LogP contribution in [0.2, 0.25) is 0 Å². The van der Waals surface area contributed by atoms with E-state index in [0.29, 0.717) is 23.0 Å². The smallest absolute Gasteiger partial charge is 0.226 e. The van der Waals surface area contributed by atoms with E-state index in [9.17, 15) is 5.21 Å². The van der Waals surface area contributed by atoms with Gasteiger partial charge in [0.15, 0.2) is 17.8 Å². The van der Waals surface area contributed by atoms with Crippen LogP contribution in [0.1, 0.15) is 87.7 Å². The molecule has 0 spiro atoms. The van der Waals surface area contributed by atoms with Crippen molar-refractivity contribution in [1.29, 1.82) is 0 Å². The molecular weight excluding hydrogens is 442 g/mol. The Morgan fingerprint density at radius 3 is 2.40 bits per heavy atom. The van der Waals surface area contributed by atoms with Gasteiger partial charge in [-0.1, -0.05) is 49.2 Å². The van der Waals surface area contributed by atoms with E-state index >= 15 is 0 Å². The zero-order valence-corrected chi connectivity index (χ0v) is 20.9. The van der Waals surface area contributed by atoms with Crippen LogP contribution in [0, 0.1) is 5.21 Å². The molecule has 3 aliphatic rings. The van der Waals surface area contributed by atoms with E-state index in [1.165, 1.54) is 24.8 Å². The second-order valence-electron chi connectivity index (χ2n) is 10.1. The van der Waals surface area contributed by atoms with E-state index in [4.69, 9.17) is 19.0 Å². The van der Waals surface area contributed by atoms with Crippen LogP contribution in [-0.2, 0) is 9.57 Å². The summed E-state index contributed by atoms with van der Waals surface area (Å²) in [7, 11) is 1.67. The normalized spacial score (nSPS) is 27.5. The van der Waals surface area contributed by atoms with Crippen LogP contribution in [0.5, 0.6) is 11.5 Å². The molecule has 2 fully saturated rings. The van der Waals surface area contributed by atoms with Gasteiger partial charge < -0.3 is 19.0 Å². The fourth-order valence-electron chi connectivity index (χ4n) is 5.91. The van der Waals surface area contributed by atoms with Crippen molar-refractivity contribution >= 4 is 5.71 Å². The van der Waals surface area contributed by atoms with Gasteiger partial charge in [-0.3, -0.25) is 5.21 Å². The molecule has 0 bridgehead atoms. The van der Waals surface area contributed by atoms with Crippen molar-refractivity contribution in [3.63, 3.8) is 0 Å². The molecule has 2 saturated carbocycles. The van der Waals surface area contributed by atoms with Gasteiger partial charge in [-0.25, -0.2) is 0 Å². The number of ether oxygens (including phenoxy) is 3. The summed E-state index contributed by atoms with van der Waals surface area (Å²) in [5.41, 5.74) is 2.96. The van der Waals surface area contributed by atoms with Crippen molar-refractivity contribution in [1.82, 2.24) is 0 Å². The maximum Gasteiger partial charge on any atom is 0.226 e. The molecule has 0 aromatic heterocycles. The van der Waals surface area contributed by atoms with E-state index in [2.05, 4.69) is 24.3 Å². The molecule has 5 rings (SSSR count). The molecular formula is C29H37NO5. The maximum absolute atomic E-state index is 12.8. The molecule has 0 saturated heterocycles. The number of nitrogens with zero attached hydrogens (tertiary/aromatic N) is 1. The Morgan fingerprint density at radius 2 is 1.63 bits per heavy atom. The van der Waals surface area contributed by atoms with Crippen molar-refractivity contribution in [2.75, 3.05) is 7.11 Å². The van der Waals surface area contributed by atoms with Gasteiger partial charge in [-0.15, -0.1) is 0 Å². The summed E-state index contributed by atoms with van der Waals surface area (Å²) < 4.78 is 18.4. The average molecular weight is 480 g/mol. The van der Waals surface area contributed by atoms with Crippen molar-refractivity contribution in [3.05, 3.63) is 64.9 Å². The first-order chi connectivity index (χ1) is 17.1. The molecule has 0 amide bonds. The molecule has 0 radical (unpaired) electrons. The molecule has 1 aliphatic heterocycles. The Labute approximate surface area is 208 Å². The van der Waals surface area contributed by atoms with E-state index < -0.39 is 6.29 Å². The molecule has 6 nitrogen and oxygen atoms in total. The standard InChI is InChI=1S/C29H37NO5/c1-20-25(22-16-17-27(32-2)28(18-22)33-23-12-6-7-13-23)19-29(35-30(20)31)34-26-15-9-8-14-24(26)21-10-4-3-5-11-21/h3-5,10-11,16-18,23-26,29H,6-9,12-15,19H2,1-2H3/t24-,25-,26+,29+/m0/s1. The van der Waals surface area contributed by atoms with Gasteiger partial charge in [0, 0.05) is 24.2 Å². The van der Waals surface area contributed by atoms with Crippen LogP contribution in [0.3, 0.4) is 0 Å². The highest BCUT2D eigenvalue weighted by molar-refractivity contribution is 5.85. The first kappa shape index (κ1) is 24.0. The molecule has 2 aromatic rings. The summed E-state index contributed by atoms with van der Waals surface area (Å²) >= 11 is 0. The van der Waals surface area contributed by atoms with Gasteiger partial charge in [0.25, 0.3) is 0 Å².